The van der Waals surface area contributed by atoms with Crippen molar-refractivity contribution in [3.05, 3.63) is 54.1 Å². The van der Waals surface area contributed by atoms with Crippen LogP contribution in [0.5, 0.6) is 0 Å². The van der Waals surface area contributed by atoms with Crippen LogP contribution in [0.4, 0.5) is 0 Å². The number of aromatic nitrogens is 2. The Morgan fingerprint density at radius 1 is 0.941 bits per heavy atom. The summed E-state index contributed by atoms with van der Waals surface area (Å²) in [4.78, 5) is 0. The molecule has 84 valence electrons. The van der Waals surface area contributed by atoms with Gasteiger partial charge in [0.05, 0.1) is 5.52 Å². The Bertz CT molecular complexity index is 666. The van der Waals surface area contributed by atoms with Gasteiger partial charge in [-0.05, 0) is 12.5 Å². The number of nitrogens with zero attached hydrogens (tertiary/aromatic N) is 2. The Kier molecular flexibility index (Phi) is 2.22. The number of rotatable bonds is 1. The van der Waals surface area contributed by atoms with Gasteiger partial charge < -0.3 is 0 Å². The van der Waals surface area contributed by atoms with Crippen molar-refractivity contribution < 1.29 is 0 Å². The normalized spacial score (nSPS) is 10.9. The van der Waals surface area contributed by atoms with Crippen LogP contribution in [0.2, 0.25) is 0 Å². The molecule has 0 radical (unpaired) electrons. The molecule has 0 saturated heterocycles. The molecular formula is C15H14N2. The standard InChI is InChI=1S/C15H14N2/c1-11-7-6-10-13-14(16-17(2)15(11)13)12-8-4-3-5-9-12/h3-10H,1-2H3. The topological polar surface area (TPSA) is 17.8 Å². The smallest absolute Gasteiger partial charge is 0.100 e. The molecule has 2 aromatic carbocycles. The molecule has 0 unspecified atom stereocenters. The molecule has 0 bridgehead atoms. The first kappa shape index (κ1) is 10.1. The summed E-state index contributed by atoms with van der Waals surface area (Å²) in [6.07, 6.45) is 0. The van der Waals surface area contributed by atoms with E-state index in [9.17, 15) is 0 Å². The van der Waals surface area contributed by atoms with Crippen molar-refractivity contribution >= 4 is 10.9 Å². The van der Waals surface area contributed by atoms with Crippen LogP contribution in [-0.4, -0.2) is 9.78 Å². The lowest BCUT2D eigenvalue weighted by Crippen LogP contribution is -1.91. The molecule has 0 amide bonds. The van der Waals surface area contributed by atoms with E-state index < -0.39 is 0 Å². The molecule has 0 aliphatic carbocycles. The van der Waals surface area contributed by atoms with Gasteiger partial charge in [0.25, 0.3) is 0 Å². The van der Waals surface area contributed by atoms with Gasteiger partial charge >= 0.3 is 0 Å². The van der Waals surface area contributed by atoms with E-state index in [1.165, 1.54) is 22.0 Å². The van der Waals surface area contributed by atoms with Crippen LogP contribution in [0.3, 0.4) is 0 Å². The Morgan fingerprint density at radius 2 is 1.71 bits per heavy atom. The number of benzene rings is 2. The highest BCUT2D eigenvalue weighted by atomic mass is 15.3. The molecule has 0 N–H and O–H groups in total. The predicted molar refractivity (Wildman–Crippen MR) is 70.9 cm³/mol. The summed E-state index contributed by atoms with van der Waals surface area (Å²) in [5.41, 5.74) is 4.71. The maximum atomic E-state index is 4.64. The monoisotopic (exact) mass is 222 g/mol. The number of para-hydroxylation sites is 1. The first-order valence-electron chi connectivity index (χ1n) is 5.75. The van der Waals surface area contributed by atoms with Crippen LogP contribution in [0.1, 0.15) is 5.56 Å². The SMILES string of the molecule is Cc1cccc2c(-c3ccccc3)nn(C)c12. The maximum absolute atomic E-state index is 4.64. The summed E-state index contributed by atoms with van der Waals surface area (Å²) in [6.45, 7) is 2.12. The van der Waals surface area contributed by atoms with Crippen molar-refractivity contribution in [2.45, 2.75) is 6.92 Å². The fraction of sp³-hybridized carbons (Fsp3) is 0.133. The molecule has 0 aliphatic heterocycles. The largest absolute Gasteiger partial charge is 0.267 e. The fourth-order valence-corrected chi connectivity index (χ4v) is 2.34. The molecule has 3 aromatic rings. The van der Waals surface area contributed by atoms with Gasteiger partial charge in [0, 0.05) is 18.0 Å². The van der Waals surface area contributed by atoms with Crippen molar-refractivity contribution in [1.82, 2.24) is 9.78 Å². The Morgan fingerprint density at radius 3 is 2.47 bits per heavy atom. The molecule has 2 nitrogen and oxygen atoms in total. The summed E-state index contributed by atoms with van der Waals surface area (Å²) in [5, 5.41) is 5.86. The highest BCUT2D eigenvalue weighted by molar-refractivity contribution is 5.94. The predicted octanol–water partition coefficient (Wildman–Crippen LogP) is 3.55. The van der Waals surface area contributed by atoms with E-state index in [1.54, 1.807) is 0 Å². The number of aryl methyl sites for hydroxylation is 2. The van der Waals surface area contributed by atoms with E-state index in [-0.39, 0.29) is 0 Å². The van der Waals surface area contributed by atoms with E-state index in [4.69, 9.17) is 0 Å². The van der Waals surface area contributed by atoms with Gasteiger partial charge in [0.1, 0.15) is 5.69 Å². The van der Waals surface area contributed by atoms with Crippen LogP contribution >= 0.6 is 0 Å². The molecule has 3 rings (SSSR count). The van der Waals surface area contributed by atoms with Crippen molar-refractivity contribution in [3.8, 4) is 11.3 Å². The second-order valence-corrected chi connectivity index (χ2v) is 4.31. The lowest BCUT2D eigenvalue weighted by atomic mass is 10.1. The van der Waals surface area contributed by atoms with Crippen LogP contribution in [0.15, 0.2) is 48.5 Å². The first-order chi connectivity index (χ1) is 8.27. The van der Waals surface area contributed by atoms with E-state index in [1.807, 2.05) is 29.9 Å². The Labute approximate surface area is 101 Å². The maximum Gasteiger partial charge on any atom is 0.100 e. The fourth-order valence-electron chi connectivity index (χ4n) is 2.34. The second kappa shape index (κ2) is 3.74. The lowest BCUT2D eigenvalue weighted by Gasteiger charge is -1.98. The first-order valence-corrected chi connectivity index (χ1v) is 5.75. The minimum Gasteiger partial charge on any atom is -0.267 e. The molecule has 0 fully saturated rings. The van der Waals surface area contributed by atoms with E-state index in [0.29, 0.717) is 0 Å². The van der Waals surface area contributed by atoms with Crippen LogP contribution < -0.4 is 0 Å². The Balaban J connectivity index is 2.36. The molecule has 1 aromatic heterocycles. The van der Waals surface area contributed by atoms with Gasteiger partial charge in [-0.2, -0.15) is 5.10 Å². The molecule has 0 saturated carbocycles. The minimum absolute atomic E-state index is 1.06. The van der Waals surface area contributed by atoms with Crippen LogP contribution in [0.25, 0.3) is 22.2 Å². The summed E-state index contributed by atoms with van der Waals surface area (Å²) in [5.74, 6) is 0. The minimum atomic E-state index is 1.06. The average Bonchev–Trinajstić information content (AvgIpc) is 2.69. The third-order valence-corrected chi connectivity index (χ3v) is 3.11. The molecule has 0 spiro atoms. The summed E-state index contributed by atoms with van der Waals surface area (Å²) in [6, 6.07) is 16.7. The quantitative estimate of drug-likeness (QED) is 0.615. The number of hydrogen-bond donors (Lipinski definition) is 0. The second-order valence-electron chi connectivity index (χ2n) is 4.31. The molecule has 1 heterocycles. The molecular weight excluding hydrogens is 208 g/mol. The summed E-state index contributed by atoms with van der Waals surface area (Å²) >= 11 is 0. The molecule has 0 aliphatic rings. The van der Waals surface area contributed by atoms with Gasteiger partial charge in [0.15, 0.2) is 0 Å². The summed E-state index contributed by atoms with van der Waals surface area (Å²) in [7, 11) is 2.00. The number of fused-ring (bicyclic) bond motifs is 1. The van der Waals surface area contributed by atoms with Gasteiger partial charge in [-0.1, -0.05) is 48.5 Å². The average molecular weight is 222 g/mol. The lowest BCUT2D eigenvalue weighted by molar-refractivity contribution is 0.798. The third kappa shape index (κ3) is 1.53. The van der Waals surface area contributed by atoms with Crippen molar-refractivity contribution in [3.63, 3.8) is 0 Å². The zero-order valence-corrected chi connectivity index (χ0v) is 10.0. The highest BCUT2D eigenvalue weighted by Gasteiger charge is 2.11. The van der Waals surface area contributed by atoms with E-state index in [0.717, 1.165) is 5.69 Å². The van der Waals surface area contributed by atoms with Gasteiger partial charge in [0.2, 0.25) is 0 Å². The summed E-state index contributed by atoms with van der Waals surface area (Å²) < 4.78 is 1.97. The molecule has 0 atom stereocenters. The molecule has 2 heteroatoms. The van der Waals surface area contributed by atoms with Crippen LogP contribution in [-0.2, 0) is 7.05 Å². The zero-order valence-electron chi connectivity index (χ0n) is 10.0. The van der Waals surface area contributed by atoms with Gasteiger partial charge in [-0.15, -0.1) is 0 Å². The number of hydrogen-bond acceptors (Lipinski definition) is 1. The van der Waals surface area contributed by atoms with Gasteiger partial charge in [-0.25, -0.2) is 0 Å². The molecule has 17 heavy (non-hydrogen) atoms. The Hall–Kier alpha value is -2.09. The van der Waals surface area contributed by atoms with Gasteiger partial charge in [-0.3, -0.25) is 4.68 Å². The van der Waals surface area contributed by atoms with Crippen molar-refractivity contribution in [2.75, 3.05) is 0 Å². The zero-order chi connectivity index (χ0) is 11.8. The highest BCUT2D eigenvalue weighted by Crippen LogP contribution is 2.28. The van der Waals surface area contributed by atoms with E-state index >= 15 is 0 Å². The van der Waals surface area contributed by atoms with Crippen molar-refractivity contribution in [1.29, 1.82) is 0 Å². The third-order valence-electron chi connectivity index (χ3n) is 3.11. The van der Waals surface area contributed by atoms with Crippen molar-refractivity contribution in [2.24, 2.45) is 7.05 Å². The van der Waals surface area contributed by atoms with E-state index in [2.05, 4.69) is 42.4 Å². The van der Waals surface area contributed by atoms with Crippen LogP contribution in [0, 0.1) is 6.92 Å².